The molecule has 0 radical (unpaired) electrons. The standard InChI is InChI=1S/C10H9NO3/c1-5-9(13-5)6-2-3-7-8(4-6)14-10(12)11-7/h2-5,9H,1H3,(H,11,12). The first-order valence-electron chi connectivity index (χ1n) is 4.52. The van der Waals surface area contributed by atoms with E-state index < -0.39 is 5.76 Å². The highest BCUT2D eigenvalue weighted by atomic mass is 16.6. The van der Waals surface area contributed by atoms with Gasteiger partial charge in [-0.3, -0.25) is 4.98 Å². The SMILES string of the molecule is CC1OC1c1ccc2[nH]c(=O)oc2c1. The first-order valence-corrected chi connectivity index (χ1v) is 4.52. The van der Waals surface area contributed by atoms with E-state index in [1.165, 1.54) is 0 Å². The van der Waals surface area contributed by atoms with Gasteiger partial charge in [-0.15, -0.1) is 0 Å². The van der Waals surface area contributed by atoms with Gasteiger partial charge in [-0.25, -0.2) is 4.79 Å². The molecular weight excluding hydrogens is 182 g/mol. The molecule has 0 aliphatic carbocycles. The van der Waals surface area contributed by atoms with Crippen LogP contribution >= 0.6 is 0 Å². The summed E-state index contributed by atoms with van der Waals surface area (Å²) in [6, 6.07) is 5.63. The van der Waals surface area contributed by atoms with Crippen LogP contribution in [0.2, 0.25) is 0 Å². The van der Waals surface area contributed by atoms with Crippen molar-refractivity contribution in [2.75, 3.05) is 0 Å². The molecule has 1 aliphatic rings. The molecule has 3 rings (SSSR count). The van der Waals surface area contributed by atoms with Crippen molar-refractivity contribution in [3.8, 4) is 0 Å². The highest BCUT2D eigenvalue weighted by Gasteiger charge is 2.35. The van der Waals surface area contributed by atoms with Crippen LogP contribution in [0, 0.1) is 0 Å². The van der Waals surface area contributed by atoms with Crippen LogP contribution in [0.1, 0.15) is 18.6 Å². The summed E-state index contributed by atoms with van der Waals surface area (Å²) >= 11 is 0. The van der Waals surface area contributed by atoms with Gasteiger partial charge in [-0.2, -0.15) is 0 Å². The number of hydrogen-bond donors (Lipinski definition) is 1. The number of nitrogens with one attached hydrogen (secondary N) is 1. The quantitative estimate of drug-likeness (QED) is 0.696. The molecule has 72 valence electrons. The average Bonchev–Trinajstić information content (AvgIpc) is 2.76. The van der Waals surface area contributed by atoms with Crippen molar-refractivity contribution in [2.45, 2.75) is 19.1 Å². The van der Waals surface area contributed by atoms with E-state index in [9.17, 15) is 4.79 Å². The lowest BCUT2D eigenvalue weighted by atomic mass is 10.1. The zero-order valence-corrected chi connectivity index (χ0v) is 7.61. The largest absolute Gasteiger partial charge is 0.417 e. The number of rotatable bonds is 1. The summed E-state index contributed by atoms with van der Waals surface area (Å²) in [5, 5.41) is 0. The maximum Gasteiger partial charge on any atom is 0.417 e. The van der Waals surface area contributed by atoms with Gasteiger partial charge in [-0.1, -0.05) is 6.07 Å². The Balaban J connectivity index is 2.15. The lowest BCUT2D eigenvalue weighted by Gasteiger charge is -1.93. The Morgan fingerprint density at radius 3 is 2.93 bits per heavy atom. The molecule has 2 unspecified atom stereocenters. The molecule has 2 atom stereocenters. The molecule has 1 aliphatic heterocycles. The molecule has 0 amide bonds. The molecule has 1 saturated heterocycles. The van der Waals surface area contributed by atoms with Crippen LogP contribution < -0.4 is 5.76 Å². The van der Waals surface area contributed by atoms with Crippen LogP contribution in [0.25, 0.3) is 11.1 Å². The van der Waals surface area contributed by atoms with Gasteiger partial charge in [0.1, 0.15) is 6.10 Å². The Hall–Kier alpha value is -1.55. The van der Waals surface area contributed by atoms with Crippen LogP contribution in [-0.2, 0) is 4.74 Å². The smallest absolute Gasteiger partial charge is 0.408 e. The Morgan fingerprint density at radius 2 is 2.21 bits per heavy atom. The van der Waals surface area contributed by atoms with Crippen molar-refractivity contribution in [1.29, 1.82) is 0 Å². The van der Waals surface area contributed by atoms with E-state index in [2.05, 4.69) is 4.98 Å². The summed E-state index contributed by atoms with van der Waals surface area (Å²) in [5.74, 6) is -0.415. The Labute approximate surface area is 79.5 Å². The fourth-order valence-corrected chi connectivity index (χ4v) is 1.67. The maximum atomic E-state index is 10.9. The zero-order valence-electron chi connectivity index (χ0n) is 7.61. The minimum absolute atomic E-state index is 0.166. The molecule has 4 heteroatoms. The summed E-state index contributed by atoms with van der Waals surface area (Å²) in [4.78, 5) is 13.5. The van der Waals surface area contributed by atoms with Gasteiger partial charge in [0.2, 0.25) is 0 Å². The van der Waals surface area contributed by atoms with Gasteiger partial charge in [-0.05, 0) is 24.6 Å². The fourth-order valence-electron chi connectivity index (χ4n) is 1.67. The van der Waals surface area contributed by atoms with Gasteiger partial charge in [0.15, 0.2) is 5.58 Å². The topological polar surface area (TPSA) is 58.5 Å². The van der Waals surface area contributed by atoms with Crippen molar-refractivity contribution < 1.29 is 9.15 Å². The predicted octanol–water partition coefficient (Wildman–Crippen LogP) is 1.58. The number of fused-ring (bicyclic) bond motifs is 1. The van der Waals surface area contributed by atoms with Gasteiger partial charge in [0.25, 0.3) is 0 Å². The van der Waals surface area contributed by atoms with E-state index in [1.807, 2.05) is 25.1 Å². The molecule has 1 N–H and O–H groups in total. The van der Waals surface area contributed by atoms with Crippen molar-refractivity contribution >= 4 is 11.1 Å². The maximum absolute atomic E-state index is 10.9. The second-order valence-corrected chi connectivity index (χ2v) is 3.53. The number of oxazole rings is 1. The Morgan fingerprint density at radius 1 is 1.43 bits per heavy atom. The van der Waals surface area contributed by atoms with E-state index in [0.29, 0.717) is 5.58 Å². The van der Waals surface area contributed by atoms with Gasteiger partial charge in [0, 0.05) is 0 Å². The number of ether oxygens (including phenoxy) is 1. The fraction of sp³-hybridized carbons (Fsp3) is 0.300. The average molecular weight is 191 g/mol. The van der Waals surface area contributed by atoms with Crippen molar-refractivity contribution in [1.82, 2.24) is 4.98 Å². The number of epoxide rings is 1. The Bertz CT molecular complexity index is 540. The number of hydrogen-bond acceptors (Lipinski definition) is 3. The van der Waals surface area contributed by atoms with Crippen LogP contribution in [0.3, 0.4) is 0 Å². The number of aromatic nitrogens is 1. The van der Waals surface area contributed by atoms with Crippen LogP contribution in [0.4, 0.5) is 0 Å². The molecular formula is C10H9NO3. The first-order chi connectivity index (χ1) is 6.74. The summed E-state index contributed by atoms with van der Waals surface area (Å²) in [5.41, 5.74) is 2.38. The van der Waals surface area contributed by atoms with Crippen molar-refractivity contribution in [3.05, 3.63) is 34.3 Å². The second kappa shape index (κ2) is 2.48. The lowest BCUT2D eigenvalue weighted by molar-refractivity contribution is 0.383. The van der Waals surface area contributed by atoms with Crippen LogP contribution in [0.15, 0.2) is 27.4 Å². The third-order valence-corrected chi connectivity index (χ3v) is 2.48. The summed E-state index contributed by atoms with van der Waals surface area (Å²) in [7, 11) is 0. The highest BCUT2D eigenvalue weighted by molar-refractivity contribution is 5.73. The number of H-pyrrole nitrogens is 1. The molecule has 1 fully saturated rings. The second-order valence-electron chi connectivity index (χ2n) is 3.53. The first kappa shape index (κ1) is 7.82. The highest BCUT2D eigenvalue weighted by Crippen LogP contribution is 2.38. The van der Waals surface area contributed by atoms with Crippen molar-refractivity contribution in [2.24, 2.45) is 0 Å². The predicted molar refractivity (Wildman–Crippen MR) is 50.1 cm³/mol. The molecule has 2 heterocycles. The molecule has 0 saturated carbocycles. The third-order valence-electron chi connectivity index (χ3n) is 2.48. The zero-order chi connectivity index (χ0) is 9.71. The molecule has 0 bridgehead atoms. The molecule has 2 aromatic rings. The van der Waals surface area contributed by atoms with E-state index in [1.54, 1.807) is 0 Å². The van der Waals surface area contributed by atoms with Gasteiger partial charge in [0.05, 0.1) is 11.6 Å². The summed E-state index contributed by atoms with van der Waals surface area (Å²) in [6.45, 7) is 2.02. The van der Waals surface area contributed by atoms with E-state index >= 15 is 0 Å². The van der Waals surface area contributed by atoms with Crippen LogP contribution in [0.5, 0.6) is 0 Å². The lowest BCUT2D eigenvalue weighted by Crippen LogP contribution is -1.92. The van der Waals surface area contributed by atoms with Crippen LogP contribution in [-0.4, -0.2) is 11.1 Å². The minimum Gasteiger partial charge on any atom is -0.408 e. The summed E-state index contributed by atoms with van der Waals surface area (Å²) in [6.07, 6.45) is 0.442. The molecule has 4 nitrogen and oxygen atoms in total. The normalized spacial score (nSPS) is 25.5. The third kappa shape index (κ3) is 1.08. The molecule has 0 spiro atoms. The van der Waals surface area contributed by atoms with E-state index in [-0.39, 0.29) is 12.2 Å². The van der Waals surface area contributed by atoms with Gasteiger partial charge >= 0.3 is 5.76 Å². The molecule has 14 heavy (non-hydrogen) atoms. The van der Waals surface area contributed by atoms with E-state index in [0.717, 1.165) is 11.1 Å². The Kier molecular flexibility index (Phi) is 1.39. The molecule has 1 aromatic carbocycles. The number of aromatic amines is 1. The monoisotopic (exact) mass is 191 g/mol. The summed E-state index contributed by atoms with van der Waals surface area (Å²) < 4.78 is 10.3. The van der Waals surface area contributed by atoms with E-state index in [4.69, 9.17) is 9.15 Å². The van der Waals surface area contributed by atoms with Crippen molar-refractivity contribution in [3.63, 3.8) is 0 Å². The molecule has 1 aromatic heterocycles. The van der Waals surface area contributed by atoms with Gasteiger partial charge < -0.3 is 9.15 Å². The number of benzene rings is 1. The minimum atomic E-state index is -0.415.